The predicted molar refractivity (Wildman–Crippen MR) is 41.2 cm³/mol. The van der Waals surface area contributed by atoms with Crippen LogP contribution in [0.5, 0.6) is 0 Å². The first-order chi connectivity index (χ1) is 4.31. The molecule has 0 N–H and O–H groups in total. The molecule has 1 nitrogen and oxygen atoms in total. The molecule has 0 aromatic rings. The van der Waals surface area contributed by atoms with Gasteiger partial charge < -0.3 is 4.74 Å². The Morgan fingerprint density at radius 1 is 1.56 bits per heavy atom. The Morgan fingerprint density at radius 2 is 2.22 bits per heavy atom. The van der Waals surface area contributed by atoms with Gasteiger partial charge in [0.05, 0.1) is 12.0 Å². The fraction of sp³-hybridized carbons (Fsp3) is 0.833. The first-order valence-electron chi connectivity index (χ1n) is 2.88. The normalized spacial score (nSPS) is 13.7. The van der Waals surface area contributed by atoms with E-state index in [2.05, 4.69) is 6.92 Å². The number of hydrogen-bond donors (Lipinski definition) is 0. The van der Waals surface area contributed by atoms with Gasteiger partial charge in [-0.2, -0.15) is 0 Å². The van der Waals surface area contributed by atoms with Gasteiger partial charge in [-0.15, -0.1) is 23.2 Å². The van der Waals surface area contributed by atoms with Crippen molar-refractivity contribution in [2.45, 2.75) is 11.8 Å². The lowest BCUT2D eigenvalue weighted by Gasteiger charge is -2.04. The fourth-order valence-electron chi connectivity index (χ4n) is 0.358. The Bertz CT molecular complexity index is 59.0. The van der Waals surface area contributed by atoms with Crippen molar-refractivity contribution in [1.29, 1.82) is 0 Å². The highest BCUT2D eigenvalue weighted by Crippen LogP contribution is 1.98. The lowest BCUT2D eigenvalue weighted by atomic mass is 10.5. The Hall–Kier alpha value is 0.540. The van der Waals surface area contributed by atoms with E-state index >= 15 is 0 Å². The molecule has 0 saturated heterocycles. The summed E-state index contributed by atoms with van der Waals surface area (Å²) in [5, 5.41) is -0.0572. The van der Waals surface area contributed by atoms with E-state index in [0.29, 0.717) is 19.1 Å². The average molecular weight is 170 g/mol. The van der Waals surface area contributed by atoms with Crippen molar-refractivity contribution >= 4 is 23.2 Å². The van der Waals surface area contributed by atoms with E-state index in [1.807, 2.05) is 0 Å². The van der Waals surface area contributed by atoms with Crippen LogP contribution in [0.4, 0.5) is 0 Å². The van der Waals surface area contributed by atoms with Crippen molar-refractivity contribution in [1.82, 2.24) is 0 Å². The quantitative estimate of drug-likeness (QED) is 0.453. The topological polar surface area (TPSA) is 9.23 Å². The van der Waals surface area contributed by atoms with Crippen LogP contribution in [-0.2, 0) is 4.74 Å². The van der Waals surface area contributed by atoms with Gasteiger partial charge in [0.2, 0.25) is 0 Å². The highest BCUT2D eigenvalue weighted by molar-refractivity contribution is 6.28. The van der Waals surface area contributed by atoms with Gasteiger partial charge in [-0.25, -0.2) is 0 Å². The number of alkyl halides is 2. The van der Waals surface area contributed by atoms with Gasteiger partial charge in [0, 0.05) is 12.5 Å². The third kappa shape index (κ3) is 6.42. The Morgan fingerprint density at radius 3 is 2.67 bits per heavy atom. The van der Waals surface area contributed by atoms with E-state index in [1.54, 1.807) is 0 Å². The summed E-state index contributed by atoms with van der Waals surface area (Å²) >= 11 is 11.0. The smallest absolute Gasteiger partial charge is 0.0704 e. The van der Waals surface area contributed by atoms with Crippen LogP contribution in [-0.4, -0.2) is 24.5 Å². The summed E-state index contributed by atoms with van der Waals surface area (Å²) in [5.41, 5.74) is 0. The lowest BCUT2D eigenvalue weighted by molar-refractivity contribution is 0.141. The number of ether oxygens (including phenoxy) is 1. The molecule has 0 heterocycles. The van der Waals surface area contributed by atoms with Crippen LogP contribution in [0.25, 0.3) is 0 Å². The van der Waals surface area contributed by atoms with Crippen molar-refractivity contribution < 1.29 is 4.74 Å². The summed E-state index contributed by atoms with van der Waals surface area (Å²) in [4.78, 5) is 0. The summed E-state index contributed by atoms with van der Waals surface area (Å²) in [5.74, 6) is 0.443. The predicted octanol–water partition coefficient (Wildman–Crippen LogP) is 2.07. The maximum Gasteiger partial charge on any atom is 0.0704 e. The Balaban J connectivity index is 2.88. The molecule has 0 spiro atoms. The molecule has 3 heteroatoms. The van der Waals surface area contributed by atoms with E-state index in [9.17, 15) is 0 Å². The first kappa shape index (κ1) is 9.54. The summed E-state index contributed by atoms with van der Waals surface area (Å²) in [6, 6.07) is 0. The van der Waals surface area contributed by atoms with Crippen LogP contribution >= 0.6 is 23.2 Å². The second-order valence-electron chi connectivity index (χ2n) is 1.68. The summed E-state index contributed by atoms with van der Waals surface area (Å²) in [6.07, 6.45) is 0.784. The van der Waals surface area contributed by atoms with Crippen molar-refractivity contribution in [3.63, 3.8) is 0 Å². The summed E-state index contributed by atoms with van der Waals surface area (Å²) in [6.45, 7) is 4.80. The average Bonchev–Trinajstić information content (AvgIpc) is 1.89. The maximum atomic E-state index is 5.62. The molecular weight excluding hydrogens is 159 g/mol. The molecule has 55 valence electrons. The van der Waals surface area contributed by atoms with Gasteiger partial charge in [-0.3, -0.25) is 0 Å². The third-order valence-corrected chi connectivity index (χ3v) is 1.57. The SMILES string of the molecule is [CH2]CCOCC(Cl)CCl. The zero-order chi connectivity index (χ0) is 7.11. The molecule has 1 radical (unpaired) electrons. The number of hydrogen-bond acceptors (Lipinski definition) is 1. The fourth-order valence-corrected chi connectivity index (χ4v) is 0.536. The summed E-state index contributed by atoms with van der Waals surface area (Å²) in [7, 11) is 0. The molecule has 0 aromatic heterocycles. The molecule has 0 aromatic carbocycles. The molecule has 0 aliphatic rings. The molecule has 0 rings (SSSR count). The third-order valence-electron chi connectivity index (χ3n) is 0.755. The number of rotatable bonds is 5. The van der Waals surface area contributed by atoms with E-state index in [1.165, 1.54) is 0 Å². The molecule has 9 heavy (non-hydrogen) atoms. The van der Waals surface area contributed by atoms with Crippen molar-refractivity contribution in [3.8, 4) is 0 Å². The van der Waals surface area contributed by atoms with Crippen molar-refractivity contribution in [3.05, 3.63) is 6.92 Å². The molecule has 0 aliphatic heterocycles. The standard InChI is InChI=1S/C6H11Cl2O/c1-2-3-9-5-6(8)4-7/h6H,1-5H2. The largest absolute Gasteiger partial charge is 0.380 e. The minimum absolute atomic E-state index is 0.0572. The molecule has 0 saturated carbocycles. The molecule has 1 atom stereocenters. The molecular formula is C6H11Cl2O. The molecule has 0 amide bonds. The van der Waals surface area contributed by atoms with Crippen LogP contribution < -0.4 is 0 Å². The first-order valence-corrected chi connectivity index (χ1v) is 3.85. The highest BCUT2D eigenvalue weighted by Gasteiger charge is 1.99. The van der Waals surface area contributed by atoms with E-state index in [-0.39, 0.29) is 5.38 Å². The minimum atomic E-state index is -0.0572. The second kappa shape index (κ2) is 6.66. The van der Waals surface area contributed by atoms with Crippen LogP contribution in [0.3, 0.4) is 0 Å². The monoisotopic (exact) mass is 169 g/mol. The second-order valence-corrected chi connectivity index (χ2v) is 2.61. The Labute approximate surface area is 66.3 Å². The van der Waals surface area contributed by atoms with Crippen LogP contribution in [0, 0.1) is 6.92 Å². The van der Waals surface area contributed by atoms with Gasteiger partial charge in [0.15, 0.2) is 0 Å². The number of halogens is 2. The van der Waals surface area contributed by atoms with Gasteiger partial charge in [-0.1, -0.05) is 6.92 Å². The van der Waals surface area contributed by atoms with Gasteiger partial charge in [0.25, 0.3) is 0 Å². The van der Waals surface area contributed by atoms with Crippen molar-refractivity contribution in [2.75, 3.05) is 19.1 Å². The van der Waals surface area contributed by atoms with Gasteiger partial charge in [-0.05, 0) is 6.42 Å². The molecule has 1 unspecified atom stereocenters. The van der Waals surface area contributed by atoms with Crippen LogP contribution in [0.2, 0.25) is 0 Å². The van der Waals surface area contributed by atoms with Crippen molar-refractivity contribution in [2.24, 2.45) is 0 Å². The lowest BCUT2D eigenvalue weighted by Crippen LogP contribution is -2.10. The zero-order valence-corrected chi connectivity index (χ0v) is 6.79. The van der Waals surface area contributed by atoms with E-state index in [4.69, 9.17) is 27.9 Å². The maximum absolute atomic E-state index is 5.62. The van der Waals surface area contributed by atoms with E-state index < -0.39 is 0 Å². The zero-order valence-electron chi connectivity index (χ0n) is 5.28. The summed E-state index contributed by atoms with van der Waals surface area (Å²) < 4.78 is 5.06. The molecule has 0 bridgehead atoms. The Kier molecular flexibility index (Phi) is 7.06. The highest BCUT2D eigenvalue weighted by atomic mass is 35.5. The molecule has 0 fully saturated rings. The van der Waals surface area contributed by atoms with Gasteiger partial charge in [0.1, 0.15) is 0 Å². The van der Waals surface area contributed by atoms with E-state index in [0.717, 1.165) is 6.42 Å². The van der Waals surface area contributed by atoms with Crippen LogP contribution in [0.15, 0.2) is 0 Å². The van der Waals surface area contributed by atoms with Gasteiger partial charge >= 0.3 is 0 Å². The molecule has 0 aliphatic carbocycles. The van der Waals surface area contributed by atoms with Crippen LogP contribution in [0.1, 0.15) is 6.42 Å². The minimum Gasteiger partial charge on any atom is -0.380 e.